The second-order valence-electron chi connectivity index (χ2n) is 7.16. The predicted molar refractivity (Wildman–Crippen MR) is 88.8 cm³/mol. The van der Waals surface area contributed by atoms with Gasteiger partial charge in [0.2, 0.25) is 5.95 Å². The standard InChI is InChI=1S/C16H28N6/c1-16(12-17)3-4-21(13-16)11-14-9-18-15(19-10-14)22-7-5-20(2)6-8-22/h9-10H,3-8,11-13,17H2,1-2H3. The molecule has 2 aliphatic rings. The van der Waals surface area contributed by atoms with Crippen LogP contribution in [0.15, 0.2) is 12.4 Å². The number of nitrogens with two attached hydrogens (primary N) is 1. The van der Waals surface area contributed by atoms with E-state index in [9.17, 15) is 0 Å². The molecule has 0 aromatic carbocycles. The Morgan fingerprint density at radius 1 is 1.14 bits per heavy atom. The van der Waals surface area contributed by atoms with Crippen LogP contribution in [-0.2, 0) is 6.54 Å². The zero-order valence-electron chi connectivity index (χ0n) is 13.8. The van der Waals surface area contributed by atoms with E-state index in [0.29, 0.717) is 0 Å². The molecule has 2 N–H and O–H groups in total. The first-order chi connectivity index (χ1) is 10.6. The lowest BCUT2D eigenvalue weighted by Gasteiger charge is -2.32. The van der Waals surface area contributed by atoms with Gasteiger partial charge in [-0.2, -0.15) is 0 Å². The van der Waals surface area contributed by atoms with Crippen LogP contribution in [-0.4, -0.2) is 72.6 Å². The van der Waals surface area contributed by atoms with Gasteiger partial charge < -0.3 is 15.5 Å². The molecule has 2 aliphatic heterocycles. The molecule has 0 spiro atoms. The molecule has 0 radical (unpaired) electrons. The summed E-state index contributed by atoms with van der Waals surface area (Å²) in [6, 6.07) is 0. The number of rotatable bonds is 4. The minimum atomic E-state index is 0.278. The van der Waals surface area contributed by atoms with Gasteiger partial charge in [0.15, 0.2) is 0 Å². The highest BCUT2D eigenvalue weighted by atomic mass is 15.3. The molecule has 1 aromatic heterocycles. The van der Waals surface area contributed by atoms with Crippen LogP contribution in [0.5, 0.6) is 0 Å². The van der Waals surface area contributed by atoms with Crippen molar-refractivity contribution in [3.63, 3.8) is 0 Å². The maximum atomic E-state index is 5.88. The summed E-state index contributed by atoms with van der Waals surface area (Å²) in [4.78, 5) is 16.2. The molecular weight excluding hydrogens is 276 g/mol. The fourth-order valence-corrected chi connectivity index (χ4v) is 3.29. The van der Waals surface area contributed by atoms with Gasteiger partial charge in [-0.15, -0.1) is 0 Å². The van der Waals surface area contributed by atoms with Crippen molar-refractivity contribution in [1.82, 2.24) is 19.8 Å². The number of hydrogen-bond donors (Lipinski definition) is 1. The minimum Gasteiger partial charge on any atom is -0.338 e. The molecule has 6 heteroatoms. The normalized spacial score (nSPS) is 27.5. The zero-order chi connectivity index (χ0) is 15.6. The van der Waals surface area contributed by atoms with Crippen LogP contribution < -0.4 is 10.6 Å². The van der Waals surface area contributed by atoms with Crippen LogP contribution in [0.4, 0.5) is 5.95 Å². The van der Waals surface area contributed by atoms with Crippen LogP contribution in [0.2, 0.25) is 0 Å². The van der Waals surface area contributed by atoms with E-state index in [1.807, 2.05) is 12.4 Å². The third-order valence-corrected chi connectivity index (χ3v) is 5.01. The quantitative estimate of drug-likeness (QED) is 0.869. The molecule has 2 fully saturated rings. The molecule has 1 atom stereocenters. The van der Waals surface area contributed by atoms with Crippen LogP contribution in [0, 0.1) is 5.41 Å². The molecule has 3 heterocycles. The Morgan fingerprint density at radius 3 is 2.41 bits per heavy atom. The average molecular weight is 304 g/mol. The van der Waals surface area contributed by atoms with E-state index in [1.165, 1.54) is 12.0 Å². The summed E-state index contributed by atoms with van der Waals surface area (Å²) in [5.74, 6) is 0.866. The van der Waals surface area contributed by atoms with Gasteiger partial charge in [-0.25, -0.2) is 9.97 Å². The number of anilines is 1. The van der Waals surface area contributed by atoms with Crippen molar-refractivity contribution in [2.24, 2.45) is 11.1 Å². The number of piperazine rings is 1. The van der Waals surface area contributed by atoms with Crippen LogP contribution in [0.3, 0.4) is 0 Å². The second kappa shape index (κ2) is 6.48. The van der Waals surface area contributed by atoms with Gasteiger partial charge in [0.25, 0.3) is 0 Å². The van der Waals surface area contributed by atoms with Crippen molar-refractivity contribution in [3.8, 4) is 0 Å². The highest BCUT2D eigenvalue weighted by Crippen LogP contribution is 2.29. The molecule has 22 heavy (non-hydrogen) atoms. The first kappa shape index (κ1) is 15.6. The molecule has 1 unspecified atom stereocenters. The number of aromatic nitrogens is 2. The Morgan fingerprint density at radius 2 is 1.82 bits per heavy atom. The molecule has 0 aliphatic carbocycles. The van der Waals surface area contributed by atoms with Gasteiger partial charge in [0.1, 0.15) is 0 Å². The third-order valence-electron chi connectivity index (χ3n) is 5.01. The maximum absolute atomic E-state index is 5.88. The highest BCUT2D eigenvalue weighted by Gasteiger charge is 2.32. The van der Waals surface area contributed by atoms with Gasteiger partial charge in [-0.05, 0) is 32.0 Å². The lowest BCUT2D eigenvalue weighted by molar-refractivity contribution is 0.274. The Hall–Kier alpha value is -1.24. The Kier molecular flexibility index (Phi) is 4.61. The SMILES string of the molecule is CN1CCN(c2ncc(CN3CCC(C)(CN)C3)cn2)CC1. The Bertz CT molecular complexity index is 482. The molecule has 0 saturated carbocycles. The second-order valence-corrected chi connectivity index (χ2v) is 7.16. The van der Waals surface area contributed by atoms with Crippen LogP contribution >= 0.6 is 0 Å². The fourth-order valence-electron chi connectivity index (χ4n) is 3.29. The van der Waals surface area contributed by atoms with Gasteiger partial charge in [0, 0.05) is 57.2 Å². The lowest BCUT2D eigenvalue weighted by atomic mass is 9.90. The molecule has 122 valence electrons. The topological polar surface area (TPSA) is 61.5 Å². The molecule has 0 bridgehead atoms. The van der Waals surface area contributed by atoms with E-state index in [4.69, 9.17) is 5.73 Å². The summed E-state index contributed by atoms with van der Waals surface area (Å²) in [7, 11) is 2.16. The van der Waals surface area contributed by atoms with Crippen molar-refractivity contribution in [2.45, 2.75) is 19.9 Å². The van der Waals surface area contributed by atoms with Gasteiger partial charge >= 0.3 is 0 Å². The molecular formula is C16H28N6. The molecule has 6 nitrogen and oxygen atoms in total. The minimum absolute atomic E-state index is 0.278. The van der Waals surface area contributed by atoms with Gasteiger partial charge in [-0.3, -0.25) is 4.90 Å². The zero-order valence-corrected chi connectivity index (χ0v) is 13.8. The van der Waals surface area contributed by atoms with E-state index in [2.05, 4.69) is 38.6 Å². The first-order valence-corrected chi connectivity index (χ1v) is 8.25. The molecule has 2 saturated heterocycles. The summed E-state index contributed by atoms with van der Waals surface area (Å²) in [5.41, 5.74) is 7.35. The van der Waals surface area contributed by atoms with Gasteiger partial charge in [-0.1, -0.05) is 6.92 Å². The maximum Gasteiger partial charge on any atom is 0.225 e. The van der Waals surface area contributed by atoms with E-state index in [-0.39, 0.29) is 5.41 Å². The number of hydrogen-bond acceptors (Lipinski definition) is 6. The summed E-state index contributed by atoms with van der Waals surface area (Å²) in [6.07, 6.45) is 5.15. The summed E-state index contributed by atoms with van der Waals surface area (Å²) in [6.45, 7) is 10.3. The Labute approximate surface area is 133 Å². The monoisotopic (exact) mass is 304 g/mol. The van der Waals surface area contributed by atoms with Crippen molar-refractivity contribution in [1.29, 1.82) is 0 Å². The molecule has 3 rings (SSSR count). The number of likely N-dealkylation sites (N-methyl/N-ethyl adjacent to an activating group) is 1. The average Bonchev–Trinajstić information content (AvgIpc) is 2.91. The van der Waals surface area contributed by atoms with Crippen LogP contribution in [0.25, 0.3) is 0 Å². The van der Waals surface area contributed by atoms with Gasteiger partial charge in [0.05, 0.1) is 0 Å². The van der Waals surface area contributed by atoms with E-state index >= 15 is 0 Å². The summed E-state index contributed by atoms with van der Waals surface area (Å²) >= 11 is 0. The lowest BCUT2D eigenvalue weighted by Crippen LogP contribution is -2.45. The largest absolute Gasteiger partial charge is 0.338 e. The summed E-state index contributed by atoms with van der Waals surface area (Å²) < 4.78 is 0. The molecule has 0 amide bonds. The fraction of sp³-hybridized carbons (Fsp3) is 0.750. The van der Waals surface area contributed by atoms with Crippen molar-refractivity contribution in [2.75, 3.05) is 57.8 Å². The van der Waals surface area contributed by atoms with Crippen molar-refractivity contribution >= 4 is 5.95 Å². The highest BCUT2D eigenvalue weighted by molar-refractivity contribution is 5.30. The summed E-state index contributed by atoms with van der Waals surface area (Å²) in [5, 5.41) is 0. The van der Waals surface area contributed by atoms with E-state index in [1.54, 1.807) is 0 Å². The number of likely N-dealkylation sites (tertiary alicyclic amines) is 1. The van der Waals surface area contributed by atoms with Crippen molar-refractivity contribution in [3.05, 3.63) is 18.0 Å². The van der Waals surface area contributed by atoms with Crippen molar-refractivity contribution < 1.29 is 0 Å². The first-order valence-electron chi connectivity index (χ1n) is 8.25. The smallest absolute Gasteiger partial charge is 0.225 e. The molecule has 1 aromatic rings. The Balaban J connectivity index is 1.56. The number of nitrogens with zero attached hydrogens (tertiary/aromatic N) is 5. The third kappa shape index (κ3) is 3.56. The van der Waals surface area contributed by atoms with E-state index in [0.717, 1.165) is 58.3 Å². The van der Waals surface area contributed by atoms with Crippen LogP contribution in [0.1, 0.15) is 18.9 Å². The predicted octanol–water partition coefficient (Wildman–Crippen LogP) is 0.399. The van der Waals surface area contributed by atoms with E-state index < -0.39 is 0 Å².